The van der Waals surface area contributed by atoms with Crippen LogP contribution < -0.4 is 14.8 Å². The van der Waals surface area contributed by atoms with E-state index in [1.165, 1.54) is 19.3 Å². The van der Waals surface area contributed by atoms with E-state index in [1.807, 2.05) is 0 Å². The van der Waals surface area contributed by atoms with Crippen LogP contribution in [-0.4, -0.2) is 50.2 Å². The van der Waals surface area contributed by atoms with Gasteiger partial charge in [-0.25, -0.2) is 0 Å². The number of benzene rings is 1. The molecular weight excluding hydrogens is 292 g/mol. The van der Waals surface area contributed by atoms with Crippen molar-refractivity contribution in [2.24, 2.45) is 0 Å². The van der Waals surface area contributed by atoms with Gasteiger partial charge in [0, 0.05) is 12.1 Å². The summed E-state index contributed by atoms with van der Waals surface area (Å²) in [6.07, 6.45) is 3.78. The summed E-state index contributed by atoms with van der Waals surface area (Å²) in [5, 5.41) is 3.05. The molecule has 1 aliphatic heterocycles. The van der Waals surface area contributed by atoms with E-state index in [0.717, 1.165) is 13.1 Å². The monoisotopic (exact) mass is 320 g/mol. The molecule has 0 radical (unpaired) electrons. The lowest BCUT2D eigenvalue weighted by molar-refractivity contribution is 0.0795. The Bertz CT molecular complexity index is 537. The molecule has 1 heterocycles. The topological polar surface area (TPSA) is 50.8 Å². The van der Waals surface area contributed by atoms with Crippen molar-refractivity contribution in [1.82, 2.24) is 10.2 Å². The molecule has 0 unspecified atom stereocenters. The van der Waals surface area contributed by atoms with Gasteiger partial charge in [-0.1, -0.05) is 12.5 Å². The van der Waals surface area contributed by atoms with E-state index < -0.39 is 0 Å². The van der Waals surface area contributed by atoms with Gasteiger partial charge in [0.2, 0.25) is 0 Å². The molecule has 128 valence electrons. The van der Waals surface area contributed by atoms with Gasteiger partial charge in [-0.2, -0.15) is 0 Å². The summed E-state index contributed by atoms with van der Waals surface area (Å²) in [6.45, 7) is 7.17. The fraction of sp³-hybridized carbons (Fsp3) is 0.611. The third kappa shape index (κ3) is 4.16. The van der Waals surface area contributed by atoms with E-state index in [9.17, 15) is 4.79 Å². The third-order valence-electron chi connectivity index (χ3n) is 4.54. The molecule has 0 bridgehead atoms. The number of carbonyl (C=O) groups excluding carboxylic acids is 1. The molecule has 5 heteroatoms. The molecular formula is C18H28N2O3. The molecule has 1 aromatic rings. The standard InChI is InChI=1S/C18H28N2O3/c1-18(2,20-11-6-5-7-12-20)13-19-17(21)14-9-8-10-15(22-3)16(14)23-4/h8-10H,5-7,11-13H2,1-4H3,(H,19,21). The number of hydrogen-bond acceptors (Lipinski definition) is 4. The average molecular weight is 320 g/mol. The minimum absolute atomic E-state index is 0.0534. The zero-order valence-electron chi connectivity index (χ0n) is 14.6. The number of nitrogens with one attached hydrogen (secondary N) is 1. The highest BCUT2D eigenvalue weighted by molar-refractivity contribution is 5.97. The van der Waals surface area contributed by atoms with Crippen molar-refractivity contribution in [1.29, 1.82) is 0 Å². The molecule has 1 saturated heterocycles. The van der Waals surface area contributed by atoms with E-state index in [1.54, 1.807) is 32.4 Å². The Morgan fingerprint density at radius 2 is 1.87 bits per heavy atom. The maximum atomic E-state index is 12.6. The summed E-state index contributed by atoms with van der Waals surface area (Å²) >= 11 is 0. The SMILES string of the molecule is COc1cccc(C(=O)NCC(C)(C)N2CCCCC2)c1OC. The average Bonchev–Trinajstić information content (AvgIpc) is 2.59. The fourth-order valence-electron chi connectivity index (χ4n) is 3.07. The van der Waals surface area contributed by atoms with Gasteiger partial charge in [-0.05, 0) is 51.9 Å². The van der Waals surface area contributed by atoms with Crippen molar-refractivity contribution in [2.75, 3.05) is 33.9 Å². The second-order valence-corrected chi connectivity index (χ2v) is 6.58. The summed E-state index contributed by atoms with van der Waals surface area (Å²) in [4.78, 5) is 15.0. The first-order chi connectivity index (χ1) is 11.0. The van der Waals surface area contributed by atoms with Crippen molar-refractivity contribution < 1.29 is 14.3 Å². The van der Waals surface area contributed by atoms with Crippen LogP contribution in [0.15, 0.2) is 18.2 Å². The molecule has 0 aromatic heterocycles. The van der Waals surface area contributed by atoms with Crippen molar-refractivity contribution in [3.8, 4) is 11.5 Å². The van der Waals surface area contributed by atoms with Gasteiger partial charge in [-0.3, -0.25) is 9.69 Å². The van der Waals surface area contributed by atoms with Crippen molar-refractivity contribution in [3.63, 3.8) is 0 Å². The van der Waals surface area contributed by atoms with Crippen LogP contribution in [0.2, 0.25) is 0 Å². The third-order valence-corrected chi connectivity index (χ3v) is 4.54. The predicted molar refractivity (Wildman–Crippen MR) is 91.4 cm³/mol. The van der Waals surface area contributed by atoms with Gasteiger partial charge in [-0.15, -0.1) is 0 Å². The molecule has 2 rings (SSSR count). The molecule has 1 aromatic carbocycles. The van der Waals surface area contributed by atoms with Gasteiger partial charge in [0.25, 0.3) is 5.91 Å². The molecule has 0 atom stereocenters. The lowest BCUT2D eigenvalue weighted by Gasteiger charge is -2.41. The summed E-state index contributed by atoms with van der Waals surface area (Å²) in [5.41, 5.74) is 0.448. The molecule has 1 aliphatic rings. The Kier molecular flexibility index (Phi) is 5.88. The predicted octanol–water partition coefficient (Wildman–Crippen LogP) is 2.70. The number of rotatable bonds is 6. The van der Waals surface area contributed by atoms with Crippen LogP contribution in [0, 0.1) is 0 Å². The number of methoxy groups -OCH3 is 2. The smallest absolute Gasteiger partial charge is 0.255 e. The first-order valence-corrected chi connectivity index (χ1v) is 8.24. The van der Waals surface area contributed by atoms with Crippen molar-refractivity contribution in [3.05, 3.63) is 23.8 Å². The van der Waals surface area contributed by atoms with E-state index >= 15 is 0 Å². The van der Waals surface area contributed by atoms with Gasteiger partial charge in [0.05, 0.1) is 19.8 Å². The number of nitrogens with zero attached hydrogens (tertiary/aromatic N) is 1. The maximum absolute atomic E-state index is 12.6. The first kappa shape index (κ1) is 17.6. The lowest BCUT2D eigenvalue weighted by atomic mass is 9.98. The molecule has 1 fully saturated rings. The minimum Gasteiger partial charge on any atom is -0.493 e. The van der Waals surface area contributed by atoms with Crippen LogP contribution in [0.25, 0.3) is 0 Å². The Hall–Kier alpha value is -1.75. The molecule has 0 spiro atoms. The zero-order chi connectivity index (χ0) is 16.9. The van der Waals surface area contributed by atoms with Crippen molar-refractivity contribution >= 4 is 5.91 Å². The summed E-state index contributed by atoms with van der Waals surface area (Å²) in [6, 6.07) is 5.34. The van der Waals surface area contributed by atoms with Crippen LogP contribution in [-0.2, 0) is 0 Å². The summed E-state index contributed by atoms with van der Waals surface area (Å²) in [7, 11) is 3.12. The quantitative estimate of drug-likeness (QED) is 0.875. The number of piperidine rings is 1. The Labute approximate surface area is 139 Å². The molecule has 1 N–H and O–H groups in total. The van der Waals surface area contributed by atoms with E-state index in [-0.39, 0.29) is 11.4 Å². The largest absolute Gasteiger partial charge is 0.493 e. The van der Waals surface area contributed by atoms with Gasteiger partial charge in [0.1, 0.15) is 0 Å². The van der Waals surface area contributed by atoms with Gasteiger partial charge >= 0.3 is 0 Å². The van der Waals surface area contributed by atoms with Crippen LogP contribution in [0.5, 0.6) is 11.5 Å². The highest BCUT2D eigenvalue weighted by Crippen LogP contribution is 2.30. The number of carbonyl (C=O) groups is 1. The number of ether oxygens (including phenoxy) is 2. The lowest BCUT2D eigenvalue weighted by Crippen LogP contribution is -2.53. The second kappa shape index (κ2) is 7.68. The van der Waals surface area contributed by atoms with Gasteiger partial charge < -0.3 is 14.8 Å². The number of para-hydroxylation sites is 1. The molecule has 0 aliphatic carbocycles. The number of likely N-dealkylation sites (tertiary alicyclic amines) is 1. The normalized spacial score (nSPS) is 16.0. The minimum atomic E-state index is -0.133. The van der Waals surface area contributed by atoms with Crippen LogP contribution in [0.3, 0.4) is 0 Å². The van der Waals surface area contributed by atoms with E-state index in [0.29, 0.717) is 23.6 Å². The van der Waals surface area contributed by atoms with Crippen LogP contribution >= 0.6 is 0 Å². The Morgan fingerprint density at radius 3 is 2.48 bits per heavy atom. The Morgan fingerprint density at radius 1 is 1.17 bits per heavy atom. The summed E-state index contributed by atoms with van der Waals surface area (Å²) < 4.78 is 10.6. The number of amides is 1. The highest BCUT2D eigenvalue weighted by atomic mass is 16.5. The van der Waals surface area contributed by atoms with Crippen LogP contribution in [0.1, 0.15) is 43.5 Å². The van der Waals surface area contributed by atoms with E-state index in [2.05, 4.69) is 24.1 Å². The number of hydrogen-bond donors (Lipinski definition) is 1. The molecule has 5 nitrogen and oxygen atoms in total. The van der Waals surface area contributed by atoms with Crippen LogP contribution in [0.4, 0.5) is 0 Å². The first-order valence-electron chi connectivity index (χ1n) is 8.24. The highest BCUT2D eigenvalue weighted by Gasteiger charge is 2.28. The summed E-state index contributed by atoms with van der Waals surface area (Å²) in [5.74, 6) is 0.907. The second-order valence-electron chi connectivity index (χ2n) is 6.58. The van der Waals surface area contributed by atoms with Crippen molar-refractivity contribution in [2.45, 2.75) is 38.6 Å². The molecule has 1 amide bonds. The zero-order valence-corrected chi connectivity index (χ0v) is 14.6. The Balaban J connectivity index is 2.04. The fourth-order valence-corrected chi connectivity index (χ4v) is 3.07. The molecule has 0 saturated carbocycles. The molecule has 23 heavy (non-hydrogen) atoms. The maximum Gasteiger partial charge on any atom is 0.255 e. The van der Waals surface area contributed by atoms with Gasteiger partial charge in [0.15, 0.2) is 11.5 Å². The van der Waals surface area contributed by atoms with E-state index in [4.69, 9.17) is 9.47 Å².